The Morgan fingerprint density at radius 3 is 2.75 bits per heavy atom. The summed E-state index contributed by atoms with van der Waals surface area (Å²) in [5.41, 5.74) is 8.40. The Morgan fingerprint density at radius 1 is 1.30 bits per heavy atom. The van der Waals surface area contributed by atoms with Crippen LogP contribution in [0.15, 0.2) is 40.9 Å². The molecular formula is C15H16BrN3O. The normalized spacial score (nSPS) is 10.3. The van der Waals surface area contributed by atoms with E-state index in [1.165, 1.54) is 0 Å². The number of aromatic nitrogens is 1. The molecule has 0 atom stereocenters. The summed E-state index contributed by atoms with van der Waals surface area (Å²) in [6.07, 6.45) is 0.999. The molecule has 0 radical (unpaired) electrons. The Morgan fingerprint density at radius 2 is 2.05 bits per heavy atom. The molecule has 0 aliphatic heterocycles. The molecule has 104 valence electrons. The first-order chi connectivity index (χ1) is 9.56. The maximum Gasteiger partial charge on any atom is 0.225 e. The van der Waals surface area contributed by atoms with Crippen molar-refractivity contribution in [3.63, 3.8) is 0 Å². The number of aryl methyl sites for hydroxylation is 2. The number of pyridine rings is 1. The number of hydrogen-bond acceptors (Lipinski definition) is 3. The number of rotatable bonds is 4. The highest BCUT2D eigenvalue weighted by Gasteiger charge is 2.06. The number of nitrogens with zero attached hydrogens (tertiary/aromatic N) is 1. The monoisotopic (exact) mass is 333 g/mol. The lowest BCUT2D eigenvalue weighted by atomic mass is 10.1. The van der Waals surface area contributed by atoms with Crippen LogP contribution in [-0.2, 0) is 11.2 Å². The smallest absolute Gasteiger partial charge is 0.225 e. The molecule has 0 aliphatic carbocycles. The maximum atomic E-state index is 11.9. The summed E-state index contributed by atoms with van der Waals surface area (Å²) < 4.78 is 0.924. The summed E-state index contributed by atoms with van der Waals surface area (Å²) in [7, 11) is 0. The highest BCUT2D eigenvalue weighted by molar-refractivity contribution is 9.10. The molecule has 2 aromatic rings. The molecule has 0 aliphatic rings. The van der Waals surface area contributed by atoms with Crippen LogP contribution in [0.25, 0.3) is 0 Å². The zero-order chi connectivity index (χ0) is 14.5. The van der Waals surface area contributed by atoms with Crippen LogP contribution in [0.5, 0.6) is 0 Å². The quantitative estimate of drug-likeness (QED) is 0.843. The number of para-hydroxylation sites is 1. The van der Waals surface area contributed by atoms with E-state index in [0.717, 1.165) is 21.4 Å². The van der Waals surface area contributed by atoms with Gasteiger partial charge in [-0.2, -0.15) is 0 Å². The lowest BCUT2D eigenvalue weighted by Gasteiger charge is -2.07. The topological polar surface area (TPSA) is 68.0 Å². The molecule has 2 rings (SSSR count). The van der Waals surface area contributed by atoms with Crippen molar-refractivity contribution >= 4 is 33.3 Å². The molecule has 0 unspecified atom stereocenters. The maximum absolute atomic E-state index is 11.9. The number of carbonyl (C=O) groups is 1. The number of nitrogen functional groups attached to an aromatic ring is 1. The fourth-order valence-corrected chi connectivity index (χ4v) is 2.05. The zero-order valence-corrected chi connectivity index (χ0v) is 12.8. The van der Waals surface area contributed by atoms with Gasteiger partial charge in [-0.1, -0.05) is 18.2 Å². The largest absolute Gasteiger partial charge is 0.399 e. The number of hydrogen-bond donors (Lipinski definition) is 2. The van der Waals surface area contributed by atoms with Crippen molar-refractivity contribution in [1.82, 2.24) is 4.98 Å². The van der Waals surface area contributed by atoms with E-state index in [0.29, 0.717) is 18.7 Å². The van der Waals surface area contributed by atoms with Gasteiger partial charge in [-0.05, 0) is 53.0 Å². The van der Waals surface area contributed by atoms with Crippen LogP contribution in [-0.4, -0.2) is 10.9 Å². The second kappa shape index (κ2) is 6.52. The average Bonchev–Trinajstić information content (AvgIpc) is 2.42. The fourth-order valence-electron chi connectivity index (χ4n) is 1.83. The lowest BCUT2D eigenvalue weighted by Crippen LogP contribution is -2.14. The van der Waals surface area contributed by atoms with Gasteiger partial charge in [0.2, 0.25) is 5.91 Å². The first-order valence-corrected chi connectivity index (χ1v) is 7.12. The summed E-state index contributed by atoms with van der Waals surface area (Å²) in [5, 5.41) is 2.79. The molecule has 1 heterocycles. The highest BCUT2D eigenvalue weighted by atomic mass is 79.9. The third kappa shape index (κ3) is 3.81. The molecule has 3 N–H and O–H groups in total. The second-order valence-corrected chi connectivity index (χ2v) is 5.37. The second-order valence-electron chi connectivity index (χ2n) is 4.51. The molecule has 5 heteroatoms. The van der Waals surface area contributed by atoms with Crippen molar-refractivity contribution in [3.05, 3.63) is 52.1 Å². The molecule has 0 fully saturated rings. The number of amides is 1. The predicted molar refractivity (Wildman–Crippen MR) is 84.5 cm³/mol. The number of nitrogens with one attached hydrogen (secondary N) is 1. The van der Waals surface area contributed by atoms with Gasteiger partial charge in [-0.3, -0.25) is 4.79 Å². The van der Waals surface area contributed by atoms with Gasteiger partial charge < -0.3 is 11.1 Å². The minimum absolute atomic E-state index is 0.0672. The Hall–Kier alpha value is -1.88. The molecule has 4 nitrogen and oxygen atoms in total. The van der Waals surface area contributed by atoms with Crippen LogP contribution < -0.4 is 11.1 Å². The molecule has 1 aromatic carbocycles. The van der Waals surface area contributed by atoms with Crippen molar-refractivity contribution < 1.29 is 4.79 Å². The lowest BCUT2D eigenvalue weighted by molar-refractivity contribution is -0.116. The number of anilines is 2. The third-order valence-electron chi connectivity index (χ3n) is 2.97. The van der Waals surface area contributed by atoms with Gasteiger partial charge in [-0.15, -0.1) is 0 Å². The van der Waals surface area contributed by atoms with Gasteiger partial charge in [-0.25, -0.2) is 4.98 Å². The average molecular weight is 334 g/mol. The van der Waals surface area contributed by atoms with E-state index in [-0.39, 0.29) is 5.91 Å². The Balaban J connectivity index is 1.93. The molecule has 0 spiro atoms. The van der Waals surface area contributed by atoms with E-state index >= 15 is 0 Å². The minimum Gasteiger partial charge on any atom is -0.399 e. The first kappa shape index (κ1) is 14.5. The van der Waals surface area contributed by atoms with Crippen molar-refractivity contribution in [2.75, 3.05) is 11.1 Å². The van der Waals surface area contributed by atoms with Gasteiger partial charge in [0.1, 0.15) is 5.82 Å². The van der Waals surface area contributed by atoms with E-state index in [2.05, 4.69) is 26.2 Å². The SMILES string of the molecule is Cc1nc(NC(=O)CCc2ccccc2N)ccc1Br. The Kier molecular flexibility index (Phi) is 4.74. The van der Waals surface area contributed by atoms with Crippen LogP contribution >= 0.6 is 15.9 Å². The molecule has 20 heavy (non-hydrogen) atoms. The van der Waals surface area contributed by atoms with Crippen LogP contribution in [0, 0.1) is 6.92 Å². The summed E-state index contributed by atoms with van der Waals surface area (Å²) in [5.74, 6) is 0.499. The number of halogens is 1. The van der Waals surface area contributed by atoms with E-state index in [4.69, 9.17) is 5.73 Å². The molecular weight excluding hydrogens is 318 g/mol. The molecule has 0 saturated carbocycles. The van der Waals surface area contributed by atoms with Gasteiger partial charge >= 0.3 is 0 Å². The summed E-state index contributed by atoms with van der Waals surface area (Å²) in [6, 6.07) is 11.2. The highest BCUT2D eigenvalue weighted by Crippen LogP contribution is 2.17. The van der Waals surface area contributed by atoms with Crippen LogP contribution in [0.1, 0.15) is 17.7 Å². The first-order valence-electron chi connectivity index (χ1n) is 6.32. The summed E-state index contributed by atoms with van der Waals surface area (Å²) >= 11 is 3.38. The number of carbonyl (C=O) groups excluding carboxylic acids is 1. The standard InChI is InChI=1S/C15H16BrN3O/c1-10-12(16)7-8-14(18-10)19-15(20)9-6-11-4-2-3-5-13(11)17/h2-5,7-8H,6,9,17H2,1H3,(H,18,19,20). The minimum atomic E-state index is -0.0672. The van der Waals surface area contributed by atoms with Gasteiger partial charge in [0.15, 0.2) is 0 Å². The Labute approximate surface area is 126 Å². The van der Waals surface area contributed by atoms with Crippen molar-refractivity contribution in [1.29, 1.82) is 0 Å². The van der Waals surface area contributed by atoms with Gasteiger partial charge in [0.25, 0.3) is 0 Å². The third-order valence-corrected chi connectivity index (χ3v) is 3.80. The summed E-state index contributed by atoms with van der Waals surface area (Å²) in [6.45, 7) is 1.88. The van der Waals surface area contributed by atoms with Crippen molar-refractivity contribution in [2.45, 2.75) is 19.8 Å². The number of nitrogens with two attached hydrogens (primary N) is 1. The fraction of sp³-hybridized carbons (Fsp3) is 0.200. The predicted octanol–water partition coefficient (Wildman–Crippen LogP) is 3.31. The van der Waals surface area contributed by atoms with Gasteiger partial charge in [0.05, 0.1) is 5.69 Å². The molecule has 0 saturated heterocycles. The van der Waals surface area contributed by atoms with Crippen LogP contribution in [0.2, 0.25) is 0 Å². The van der Waals surface area contributed by atoms with Crippen LogP contribution in [0.3, 0.4) is 0 Å². The van der Waals surface area contributed by atoms with Crippen molar-refractivity contribution in [3.8, 4) is 0 Å². The van der Waals surface area contributed by atoms with E-state index < -0.39 is 0 Å². The summed E-state index contributed by atoms with van der Waals surface area (Å²) in [4.78, 5) is 16.2. The van der Waals surface area contributed by atoms with Crippen molar-refractivity contribution in [2.24, 2.45) is 0 Å². The van der Waals surface area contributed by atoms with E-state index in [9.17, 15) is 4.79 Å². The number of benzene rings is 1. The molecule has 1 aromatic heterocycles. The van der Waals surface area contributed by atoms with Gasteiger partial charge in [0, 0.05) is 16.6 Å². The Bertz CT molecular complexity index is 628. The zero-order valence-electron chi connectivity index (χ0n) is 11.2. The van der Waals surface area contributed by atoms with E-state index in [1.54, 1.807) is 6.07 Å². The molecule has 1 amide bonds. The molecule has 0 bridgehead atoms. The van der Waals surface area contributed by atoms with E-state index in [1.807, 2.05) is 37.3 Å². The van der Waals surface area contributed by atoms with Crippen LogP contribution in [0.4, 0.5) is 11.5 Å².